The van der Waals surface area contributed by atoms with Crippen molar-refractivity contribution in [3.8, 4) is 0 Å². The number of halogens is 2. The highest BCUT2D eigenvalue weighted by molar-refractivity contribution is 9.10. The van der Waals surface area contributed by atoms with Gasteiger partial charge in [-0.05, 0) is 34.3 Å². The second kappa shape index (κ2) is 7.07. The van der Waals surface area contributed by atoms with Crippen molar-refractivity contribution in [1.82, 2.24) is 10.3 Å². The van der Waals surface area contributed by atoms with Crippen molar-refractivity contribution in [2.75, 3.05) is 6.54 Å². The van der Waals surface area contributed by atoms with Crippen LogP contribution in [0.2, 0.25) is 5.15 Å². The number of rotatable bonds is 5. The number of hydrogen-bond donors (Lipinski definition) is 2. The predicted octanol–water partition coefficient (Wildman–Crippen LogP) is 2.63. The lowest BCUT2D eigenvalue weighted by molar-refractivity contribution is 0.0900. The van der Waals surface area contributed by atoms with Gasteiger partial charge in [-0.1, -0.05) is 25.4 Å². The molecule has 0 aliphatic heterocycles. The molecular formula is C12H16BrClN2O2. The molecule has 1 unspecified atom stereocenters. The molecule has 2 N–H and O–H groups in total. The molecule has 0 saturated carbocycles. The molecule has 0 radical (unpaired) electrons. The molecule has 0 bridgehead atoms. The van der Waals surface area contributed by atoms with Gasteiger partial charge in [-0.15, -0.1) is 0 Å². The Labute approximate surface area is 120 Å². The van der Waals surface area contributed by atoms with Crippen molar-refractivity contribution in [3.63, 3.8) is 0 Å². The molecule has 18 heavy (non-hydrogen) atoms. The highest BCUT2D eigenvalue weighted by Gasteiger charge is 2.14. The Morgan fingerprint density at radius 3 is 2.89 bits per heavy atom. The van der Waals surface area contributed by atoms with E-state index in [9.17, 15) is 9.90 Å². The van der Waals surface area contributed by atoms with Crippen LogP contribution in [0.3, 0.4) is 0 Å². The number of amides is 1. The largest absolute Gasteiger partial charge is 0.391 e. The van der Waals surface area contributed by atoms with Gasteiger partial charge in [-0.2, -0.15) is 0 Å². The minimum Gasteiger partial charge on any atom is -0.391 e. The second-order valence-electron chi connectivity index (χ2n) is 4.49. The zero-order valence-electron chi connectivity index (χ0n) is 10.3. The maximum atomic E-state index is 11.8. The van der Waals surface area contributed by atoms with Crippen molar-refractivity contribution >= 4 is 33.4 Å². The molecule has 1 amide bonds. The summed E-state index contributed by atoms with van der Waals surface area (Å²) < 4.78 is 0.680. The lowest BCUT2D eigenvalue weighted by atomic mass is 10.1. The summed E-state index contributed by atoms with van der Waals surface area (Å²) in [5.74, 6) is 0.0460. The van der Waals surface area contributed by atoms with Crippen molar-refractivity contribution in [3.05, 3.63) is 27.5 Å². The van der Waals surface area contributed by atoms with Gasteiger partial charge >= 0.3 is 0 Å². The molecule has 1 aromatic heterocycles. The van der Waals surface area contributed by atoms with Gasteiger partial charge in [-0.25, -0.2) is 4.98 Å². The first-order valence-electron chi connectivity index (χ1n) is 5.67. The lowest BCUT2D eigenvalue weighted by Crippen LogP contribution is -2.33. The van der Waals surface area contributed by atoms with Gasteiger partial charge in [0.2, 0.25) is 0 Å². The van der Waals surface area contributed by atoms with Crippen LogP contribution in [0.15, 0.2) is 16.7 Å². The van der Waals surface area contributed by atoms with Gasteiger partial charge in [-0.3, -0.25) is 4.79 Å². The summed E-state index contributed by atoms with van der Waals surface area (Å²) in [5.41, 5.74) is 0.294. The number of aromatic nitrogens is 1. The van der Waals surface area contributed by atoms with Gasteiger partial charge in [0.1, 0.15) is 5.15 Å². The second-order valence-corrected chi connectivity index (χ2v) is 5.76. The number of pyridine rings is 1. The summed E-state index contributed by atoms with van der Waals surface area (Å²) in [7, 11) is 0. The summed E-state index contributed by atoms with van der Waals surface area (Å²) in [6.07, 6.45) is 1.62. The first-order valence-corrected chi connectivity index (χ1v) is 6.84. The summed E-state index contributed by atoms with van der Waals surface area (Å²) in [5, 5.41) is 12.5. The predicted molar refractivity (Wildman–Crippen MR) is 74.7 cm³/mol. The molecule has 0 spiro atoms. The van der Waals surface area contributed by atoms with E-state index < -0.39 is 6.10 Å². The number of aliphatic hydroxyl groups excluding tert-OH is 1. The Kier molecular flexibility index (Phi) is 6.05. The van der Waals surface area contributed by atoms with E-state index in [0.717, 1.165) is 0 Å². The molecule has 0 aromatic carbocycles. The summed E-state index contributed by atoms with van der Waals surface area (Å²) in [6.45, 7) is 4.24. The normalized spacial score (nSPS) is 12.6. The van der Waals surface area contributed by atoms with Crippen LogP contribution >= 0.6 is 27.5 Å². The SMILES string of the molecule is CC(C)CC(O)CNC(=O)c1cc(Br)cnc1Cl. The van der Waals surface area contributed by atoms with Crippen molar-refractivity contribution in [2.45, 2.75) is 26.4 Å². The van der Waals surface area contributed by atoms with Crippen LogP contribution in [0, 0.1) is 5.92 Å². The summed E-state index contributed by atoms with van der Waals surface area (Å²) >= 11 is 9.06. The van der Waals surface area contributed by atoms with Crippen LogP contribution in [0.5, 0.6) is 0 Å². The van der Waals surface area contributed by atoms with Gasteiger partial charge in [0.25, 0.3) is 5.91 Å². The molecule has 0 saturated heterocycles. The Bertz CT molecular complexity index is 427. The van der Waals surface area contributed by atoms with Crippen LogP contribution in [0.25, 0.3) is 0 Å². The van der Waals surface area contributed by atoms with Gasteiger partial charge < -0.3 is 10.4 Å². The van der Waals surface area contributed by atoms with Crippen LogP contribution in [-0.2, 0) is 0 Å². The summed E-state index contributed by atoms with van der Waals surface area (Å²) in [6, 6.07) is 1.60. The zero-order chi connectivity index (χ0) is 13.7. The van der Waals surface area contributed by atoms with E-state index in [0.29, 0.717) is 22.4 Å². The highest BCUT2D eigenvalue weighted by atomic mass is 79.9. The number of nitrogens with zero attached hydrogens (tertiary/aromatic N) is 1. The first kappa shape index (κ1) is 15.4. The molecule has 1 aromatic rings. The third-order valence-corrected chi connectivity index (χ3v) is 3.03. The topological polar surface area (TPSA) is 62.2 Å². The molecule has 0 aliphatic rings. The molecule has 0 aliphatic carbocycles. The Morgan fingerprint density at radius 2 is 2.28 bits per heavy atom. The smallest absolute Gasteiger partial charge is 0.254 e. The van der Waals surface area contributed by atoms with Crippen molar-refractivity contribution in [1.29, 1.82) is 0 Å². The van der Waals surface area contributed by atoms with Crippen LogP contribution in [0.1, 0.15) is 30.6 Å². The van der Waals surface area contributed by atoms with E-state index in [4.69, 9.17) is 11.6 Å². The molecule has 0 fully saturated rings. The molecule has 4 nitrogen and oxygen atoms in total. The summed E-state index contributed by atoms with van der Waals surface area (Å²) in [4.78, 5) is 15.7. The van der Waals surface area contributed by atoms with Crippen LogP contribution < -0.4 is 5.32 Å². The number of carbonyl (C=O) groups is 1. The Morgan fingerprint density at radius 1 is 1.61 bits per heavy atom. The van der Waals surface area contributed by atoms with Gasteiger partial charge in [0, 0.05) is 17.2 Å². The van der Waals surface area contributed by atoms with Gasteiger partial charge in [0.05, 0.1) is 11.7 Å². The maximum Gasteiger partial charge on any atom is 0.254 e. The van der Waals surface area contributed by atoms with Crippen molar-refractivity contribution in [2.24, 2.45) is 5.92 Å². The average molecular weight is 336 g/mol. The third-order valence-electron chi connectivity index (χ3n) is 2.29. The maximum absolute atomic E-state index is 11.8. The molecule has 1 rings (SSSR count). The number of nitrogens with one attached hydrogen (secondary N) is 1. The molecule has 1 heterocycles. The van der Waals surface area contributed by atoms with E-state index >= 15 is 0 Å². The molecule has 1 atom stereocenters. The Balaban J connectivity index is 2.58. The first-order chi connectivity index (χ1) is 8.40. The fraction of sp³-hybridized carbons (Fsp3) is 0.500. The minimum atomic E-state index is -0.548. The monoisotopic (exact) mass is 334 g/mol. The lowest BCUT2D eigenvalue weighted by Gasteiger charge is -2.14. The number of hydrogen-bond acceptors (Lipinski definition) is 3. The quantitative estimate of drug-likeness (QED) is 0.813. The fourth-order valence-corrected chi connectivity index (χ4v) is 2.04. The fourth-order valence-electron chi connectivity index (χ4n) is 1.52. The average Bonchev–Trinajstić information content (AvgIpc) is 2.28. The molecule has 100 valence electrons. The standard InChI is InChI=1S/C12H16BrClN2O2/c1-7(2)3-9(17)6-16-12(18)10-4-8(13)5-15-11(10)14/h4-5,7,9,17H,3,6H2,1-2H3,(H,16,18). The van der Waals surface area contributed by atoms with E-state index in [1.165, 1.54) is 6.20 Å². The Hall–Kier alpha value is -0.650. The van der Waals surface area contributed by atoms with E-state index in [-0.39, 0.29) is 17.6 Å². The number of carbonyl (C=O) groups excluding carboxylic acids is 1. The number of aliphatic hydroxyl groups is 1. The zero-order valence-corrected chi connectivity index (χ0v) is 12.6. The molecular weight excluding hydrogens is 320 g/mol. The third kappa shape index (κ3) is 4.92. The van der Waals surface area contributed by atoms with Crippen LogP contribution in [-0.4, -0.2) is 28.6 Å². The van der Waals surface area contributed by atoms with E-state index in [1.807, 2.05) is 13.8 Å². The van der Waals surface area contributed by atoms with Gasteiger partial charge in [0.15, 0.2) is 0 Å². The highest BCUT2D eigenvalue weighted by Crippen LogP contribution is 2.17. The molecule has 6 heteroatoms. The minimum absolute atomic E-state index is 0.147. The van der Waals surface area contributed by atoms with Crippen molar-refractivity contribution < 1.29 is 9.90 Å². The van der Waals surface area contributed by atoms with E-state index in [1.54, 1.807) is 6.07 Å². The van der Waals surface area contributed by atoms with Crippen LogP contribution in [0.4, 0.5) is 0 Å². The van der Waals surface area contributed by atoms with E-state index in [2.05, 4.69) is 26.2 Å².